The Kier molecular flexibility index (Phi) is 6.28. The number of carbonyl (C=O) groups is 2. The molecule has 5 heteroatoms. The van der Waals surface area contributed by atoms with E-state index in [0.717, 1.165) is 28.8 Å². The van der Waals surface area contributed by atoms with Crippen LogP contribution in [0.5, 0.6) is 0 Å². The summed E-state index contributed by atoms with van der Waals surface area (Å²) in [6.45, 7) is 5.60. The SMILES string of the molecule is CCc1cccc(C)c1NC(=O)CN(Cc1ccc(F)cc1)C(C)=O. The molecule has 2 aromatic carbocycles. The Morgan fingerprint density at radius 3 is 2.40 bits per heavy atom. The summed E-state index contributed by atoms with van der Waals surface area (Å²) in [5.74, 6) is -0.788. The maximum Gasteiger partial charge on any atom is 0.244 e. The number of nitrogens with one attached hydrogen (secondary N) is 1. The van der Waals surface area contributed by atoms with E-state index in [1.807, 2.05) is 32.0 Å². The third-order valence-corrected chi connectivity index (χ3v) is 4.07. The molecule has 1 N–H and O–H groups in total. The number of amides is 2. The number of nitrogens with zero attached hydrogens (tertiary/aromatic N) is 1. The van der Waals surface area contributed by atoms with Gasteiger partial charge in [0.2, 0.25) is 11.8 Å². The van der Waals surface area contributed by atoms with Crippen molar-refractivity contribution in [1.82, 2.24) is 4.90 Å². The molecular weight excluding hydrogens is 319 g/mol. The highest BCUT2D eigenvalue weighted by Gasteiger charge is 2.16. The molecule has 0 bridgehead atoms. The summed E-state index contributed by atoms with van der Waals surface area (Å²) < 4.78 is 13.0. The lowest BCUT2D eigenvalue weighted by Gasteiger charge is -2.21. The number of para-hydroxylation sites is 1. The van der Waals surface area contributed by atoms with E-state index in [4.69, 9.17) is 0 Å². The predicted octanol–water partition coefficient (Wildman–Crippen LogP) is 3.68. The zero-order valence-corrected chi connectivity index (χ0v) is 14.8. The molecule has 0 saturated carbocycles. The van der Waals surface area contributed by atoms with E-state index in [-0.39, 0.29) is 30.7 Å². The number of carbonyl (C=O) groups excluding carboxylic acids is 2. The van der Waals surface area contributed by atoms with Gasteiger partial charge in [0, 0.05) is 19.2 Å². The molecule has 0 aliphatic carbocycles. The van der Waals surface area contributed by atoms with E-state index in [0.29, 0.717) is 0 Å². The van der Waals surface area contributed by atoms with Gasteiger partial charge >= 0.3 is 0 Å². The van der Waals surface area contributed by atoms with Crippen LogP contribution in [0.4, 0.5) is 10.1 Å². The molecule has 0 unspecified atom stereocenters. The minimum Gasteiger partial charge on any atom is -0.329 e. The summed E-state index contributed by atoms with van der Waals surface area (Å²) in [5.41, 5.74) is 3.62. The molecule has 4 nitrogen and oxygen atoms in total. The Morgan fingerprint density at radius 1 is 1.12 bits per heavy atom. The van der Waals surface area contributed by atoms with Crippen LogP contribution in [0.2, 0.25) is 0 Å². The molecule has 2 amide bonds. The number of aryl methyl sites for hydroxylation is 2. The Hall–Kier alpha value is -2.69. The Morgan fingerprint density at radius 2 is 1.80 bits per heavy atom. The Bertz CT molecular complexity index is 757. The minimum absolute atomic E-state index is 0.0514. The average molecular weight is 342 g/mol. The molecule has 0 radical (unpaired) electrons. The first-order chi connectivity index (χ1) is 11.9. The van der Waals surface area contributed by atoms with Crippen molar-refractivity contribution in [2.24, 2.45) is 0 Å². The predicted molar refractivity (Wildman–Crippen MR) is 96.7 cm³/mol. The van der Waals surface area contributed by atoms with Crippen molar-refractivity contribution in [3.05, 3.63) is 65.0 Å². The van der Waals surface area contributed by atoms with Gasteiger partial charge in [-0.3, -0.25) is 9.59 Å². The molecule has 132 valence electrons. The van der Waals surface area contributed by atoms with Gasteiger partial charge in [0.15, 0.2) is 0 Å². The quantitative estimate of drug-likeness (QED) is 0.870. The monoisotopic (exact) mass is 342 g/mol. The van der Waals surface area contributed by atoms with Crippen LogP contribution in [0.25, 0.3) is 0 Å². The molecule has 0 spiro atoms. The first-order valence-electron chi connectivity index (χ1n) is 8.29. The number of hydrogen-bond acceptors (Lipinski definition) is 2. The second kappa shape index (κ2) is 8.42. The van der Waals surface area contributed by atoms with E-state index >= 15 is 0 Å². The van der Waals surface area contributed by atoms with Crippen LogP contribution in [-0.4, -0.2) is 23.3 Å². The fourth-order valence-electron chi connectivity index (χ4n) is 2.64. The van der Waals surface area contributed by atoms with Crippen LogP contribution in [0.1, 0.15) is 30.5 Å². The molecule has 0 aromatic heterocycles. The van der Waals surface area contributed by atoms with Crippen LogP contribution >= 0.6 is 0 Å². The molecule has 2 aromatic rings. The van der Waals surface area contributed by atoms with Crippen LogP contribution in [-0.2, 0) is 22.6 Å². The van der Waals surface area contributed by atoms with E-state index in [1.54, 1.807) is 12.1 Å². The molecule has 0 fully saturated rings. The summed E-state index contributed by atoms with van der Waals surface area (Å²) >= 11 is 0. The van der Waals surface area contributed by atoms with E-state index in [9.17, 15) is 14.0 Å². The molecule has 0 heterocycles. The topological polar surface area (TPSA) is 49.4 Å². The van der Waals surface area contributed by atoms with E-state index < -0.39 is 0 Å². The molecule has 25 heavy (non-hydrogen) atoms. The number of halogens is 1. The van der Waals surface area contributed by atoms with Gasteiger partial charge in [0.1, 0.15) is 12.4 Å². The highest BCUT2D eigenvalue weighted by atomic mass is 19.1. The van der Waals surface area contributed by atoms with E-state index in [2.05, 4.69) is 5.32 Å². The van der Waals surface area contributed by atoms with Crippen molar-refractivity contribution in [3.8, 4) is 0 Å². The molecule has 0 aliphatic heterocycles. The van der Waals surface area contributed by atoms with Gasteiger partial charge in [0.05, 0.1) is 0 Å². The van der Waals surface area contributed by atoms with Crippen LogP contribution in [0, 0.1) is 12.7 Å². The number of anilines is 1. The lowest BCUT2D eigenvalue weighted by molar-refractivity contribution is -0.133. The molecule has 0 aliphatic rings. The summed E-state index contributed by atoms with van der Waals surface area (Å²) in [6.07, 6.45) is 0.809. The van der Waals surface area contributed by atoms with Crippen molar-refractivity contribution < 1.29 is 14.0 Å². The summed E-state index contributed by atoms with van der Waals surface area (Å²) in [5, 5.41) is 2.92. The number of rotatable bonds is 6. The van der Waals surface area contributed by atoms with Crippen molar-refractivity contribution in [2.45, 2.75) is 33.7 Å². The average Bonchev–Trinajstić information content (AvgIpc) is 2.58. The third kappa shape index (κ3) is 5.14. The molecule has 2 rings (SSSR count). The molecular formula is C20H23FN2O2. The largest absolute Gasteiger partial charge is 0.329 e. The molecule has 0 saturated heterocycles. The summed E-state index contributed by atoms with van der Waals surface area (Å²) in [6, 6.07) is 11.8. The van der Waals surface area contributed by atoms with Gasteiger partial charge < -0.3 is 10.2 Å². The lowest BCUT2D eigenvalue weighted by Crippen LogP contribution is -2.36. The van der Waals surface area contributed by atoms with Gasteiger partial charge in [0.25, 0.3) is 0 Å². The number of benzene rings is 2. The third-order valence-electron chi connectivity index (χ3n) is 4.07. The van der Waals surface area contributed by atoms with Gasteiger partial charge in [-0.25, -0.2) is 4.39 Å². The van der Waals surface area contributed by atoms with Gasteiger partial charge in [-0.2, -0.15) is 0 Å². The van der Waals surface area contributed by atoms with Crippen molar-refractivity contribution in [3.63, 3.8) is 0 Å². The molecule has 0 atom stereocenters. The zero-order valence-electron chi connectivity index (χ0n) is 14.8. The van der Waals surface area contributed by atoms with Crippen LogP contribution < -0.4 is 5.32 Å². The zero-order chi connectivity index (χ0) is 18.4. The maximum absolute atomic E-state index is 13.0. The van der Waals surface area contributed by atoms with Gasteiger partial charge in [-0.1, -0.05) is 37.3 Å². The van der Waals surface area contributed by atoms with Gasteiger partial charge in [-0.05, 0) is 42.2 Å². The fraction of sp³-hybridized carbons (Fsp3) is 0.300. The number of hydrogen-bond donors (Lipinski definition) is 1. The second-order valence-corrected chi connectivity index (χ2v) is 6.01. The first-order valence-corrected chi connectivity index (χ1v) is 8.29. The summed E-state index contributed by atoms with van der Waals surface area (Å²) in [7, 11) is 0. The minimum atomic E-state index is -0.331. The van der Waals surface area contributed by atoms with Crippen molar-refractivity contribution >= 4 is 17.5 Å². The maximum atomic E-state index is 13.0. The van der Waals surface area contributed by atoms with Crippen LogP contribution in [0.15, 0.2) is 42.5 Å². The highest BCUT2D eigenvalue weighted by molar-refractivity contribution is 5.95. The second-order valence-electron chi connectivity index (χ2n) is 6.01. The Balaban J connectivity index is 2.08. The summed E-state index contributed by atoms with van der Waals surface area (Å²) in [4.78, 5) is 25.7. The standard InChI is InChI=1S/C20H23FN2O2/c1-4-17-7-5-6-14(2)20(17)22-19(25)13-23(15(3)24)12-16-8-10-18(21)11-9-16/h5-11H,4,12-13H2,1-3H3,(H,22,25). The Labute approximate surface area is 147 Å². The van der Waals surface area contributed by atoms with Crippen LogP contribution in [0.3, 0.4) is 0 Å². The fourth-order valence-corrected chi connectivity index (χ4v) is 2.64. The normalized spacial score (nSPS) is 10.4. The van der Waals surface area contributed by atoms with E-state index in [1.165, 1.54) is 24.0 Å². The first kappa shape index (κ1) is 18.6. The van der Waals surface area contributed by atoms with Crippen molar-refractivity contribution in [1.29, 1.82) is 0 Å². The highest BCUT2D eigenvalue weighted by Crippen LogP contribution is 2.21. The lowest BCUT2D eigenvalue weighted by atomic mass is 10.1. The van der Waals surface area contributed by atoms with Crippen molar-refractivity contribution in [2.75, 3.05) is 11.9 Å². The smallest absolute Gasteiger partial charge is 0.244 e. The van der Waals surface area contributed by atoms with Gasteiger partial charge in [-0.15, -0.1) is 0 Å².